The first-order chi connectivity index (χ1) is 11.0. The van der Waals surface area contributed by atoms with Gasteiger partial charge in [-0.15, -0.1) is 0 Å². The van der Waals surface area contributed by atoms with Crippen molar-refractivity contribution in [2.45, 2.75) is 44.9 Å². The molecule has 0 amide bonds. The van der Waals surface area contributed by atoms with Crippen LogP contribution in [0.3, 0.4) is 0 Å². The molecule has 0 heterocycles. The number of carbonyl (C=O) groups excluding carboxylic acids is 1. The number of benzene rings is 2. The number of hydrogen-bond donors (Lipinski definition) is 0. The van der Waals surface area contributed by atoms with E-state index in [0.29, 0.717) is 0 Å². The molecule has 23 heavy (non-hydrogen) atoms. The zero-order chi connectivity index (χ0) is 16.7. The van der Waals surface area contributed by atoms with Crippen molar-refractivity contribution < 1.29 is 9.53 Å². The highest BCUT2D eigenvalue weighted by Crippen LogP contribution is 2.25. The van der Waals surface area contributed by atoms with E-state index in [-0.39, 0.29) is 5.97 Å². The molecule has 0 aromatic heterocycles. The monoisotopic (exact) mass is 310 g/mol. The summed E-state index contributed by atoms with van der Waals surface area (Å²) in [6.07, 6.45) is 4.58. The van der Waals surface area contributed by atoms with Gasteiger partial charge in [-0.2, -0.15) is 0 Å². The van der Waals surface area contributed by atoms with Crippen LogP contribution in [0.15, 0.2) is 54.6 Å². The van der Waals surface area contributed by atoms with E-state index >= 15 is 0 Å². The number of methoxy groups -OCH3 is 1. The van der Waals surface area contributed by atoms with E-state index in [4.69, 9.17) is 4.74 Å². The first kappa shape index (κ1) is 17.3. The topological polar surface area (TPSA) is 26.3 Å². The maximum absolute atomic E-state index is 11.8. The summed E-state index contributed by atoms with van der Waals surface area (Å²) in [6, 6.07) is 19.0. The Morgan fingerprint density at radius 2 is 1.39 bits per heavy atom. The van der Waals surface area contributed by atoms with Gasteiger partial charge in [0.05, 0.1) is 12.5 Å². The minimum Gasteiger partial charge on any atom is -0.468 e. The molecule has 2 aromatic rings. The van der Waals surface area contributed by atoms with Gasteiger partial charge in [0.15, 0.2) is 0 Å². The van der Waals surface area contributed by atoms with Crippen LogP contribution < -0.4 is 0 Å². The fourth-order valence-electron chi connectivity index (χ4n) is 2.76. The van der Waals surface area contributed by atoms with E-state index in [1.807, 2.05) is 26.0 Å². The molecule has 2 rings (SSSR count). The molecule has 0 aliphatic heterocycles. The van der Waals surface area contributed by atoms with Gasteiger partial charge in [-0.25, -0.2) is 0 Å². The van der Waals surface area contributed by atoms with Crippen LogP contribution in [0.4, 0.5) is 0 Å². The summed E-state index contributed by atoms with van der Waals surface area (Å²) in [7, 11) is 1.44. The summed E-state index contributed by atoms with van der Waals surface area (Å²) >= 11 is 0. The SMILES string of the molecule is COC(=O)C(C)(C)c1ccc(CCCCc2ccccc2)cc1. The minimum absolute atomic E-state index is 0.201. The first-order valence-electron chi connectivity index (χ1n) is 8.26. The van der Waals surface area contributed by atoms with Crippen molar-refractivity contribution in [3.63, 3.8) is 0 Å². The average Bonchev–Trinajstić information content (AvgIpc) is 2.59. The number of esters is 1. The number of aryl methyl sites for hydroxylation is 2. The number of hydrogen-bond acceptors (Lipinski definition) is 2. The van der Waals surface area contributed by atoms with Crippen molar-refractivity contribution in [2.24, 2.45) is 0 Å². The molecule has 0 saturated heterocycles. The lowest BCUT2D eigenvalue weighted by Gasteiger charge is -2.22. The standard InChI is InChI=1S/C21H26O2/c1-21(2,20(22)23-3)19-15-13-18(14-16-19)12-8-7-11-17-9-5-4-6-10-17/h4-6,9-10,13-16H,7-8,11-12H2,1-3H3. The van der Waals surface area contributed by atoms with E-state index < -0.39 is 5.41 Å². The quantitative estimate of drug-likeness (QED) is 0.547. The predicted octanol–water partition coefficient (Wildman–Crippen LogP) is 4.70. The third kappa shape index (κ3) is 4.69. The number of unbranched alkanes of at least 4 members (excludes halogenated alkanes) is 1. The lowest BCUT2D eigenvalue weighted by atomic mass is 9.84. The molecule has 0 aliphatic carbocycles. The normalized spacial score (nSPS) is 11.3. The fraction of sp³-hybridized carbons (Fsp3) is 0.381. The van der Waals surface area contributed by atoms with Crippen LogP contribution >= 0.6 is 0 Å². The van der Waals surface area contributed by atoms with Gasteiger partial charge in [0.1, 0.15) is 0 Å². The molecule has 0 radical (unpaired) electrons. The second-order valence-electron chi connectivity index (χ2n) is 6.51. The molecule has 0 saturated carbocycles. The van der Waals surface area contributed by atoms with E-state index in [2.05, 4.69) is 42.5 Å². The summed E-state index contributed by atoms with van der Waals surface area (Å²) in [6.45, 7) is 3.79. The van der Waals surface area contributed by atoms with Gasteiger partial charge >= 0.3 is 5.97 Å². The van der Waals surface area contributed by atoms with E-state index in [9.17, 15) is 4.79 Å². The van der Waals surface area contributed by atoms with Crippen LogP contribution in [0.1, 0.15) is 43.4 Å². The maximum atomic E-state index is 11.8. The van der Waals surface area contributed by atoms with Crippen LogP contribution in [-0.4, -0.2) is 13.1 Å². The minimum atomic E-state index is -0.597. The molecule has 0 spiro atoms. The smallest absolute Gasteiger partial charge is 0.315 e. The van der Waals surface area contributed by atoms with Crippen LogP contribution in [0, 0.1) is 0 Å². The second-order valence-corrected chi connectivity index (χ2v) is 6.51. The van der Waals surface area contributed by atoms with Crippen LogP contribution in [0.25, 0.3) is 0 Å². The van der Waals surface area contributed by atoms with Crippen molar-refractivity contribution in [2.75, 3.05) is 7.11 Å². The molecule has 0 unspecified atom stereocenters. The number of ether oxygens (including phenoxy) is 1. The van der Waals surface area contributed by atoms with Crippen LogP contribution in [0.2, 0.25) is 0 Å². The highest BCUT2D eigenvalue weighted by Gasteiger charge is 2.30. The Morgan fingerprint density at radius 1 is 0.870 bits per heavy atom. The maximum Gasteiger partial charge on any atom is 0.315 e. The third-order valence-corrected chi connectivity index (χ3v) is 4.40. The van der Waals surface area contributed by atoms with Gasteiger partial charge in [0.25, 0.3) is 0 Å². The molecular weight excluding hydrogens is 284 g/mol. The molecule has 2 aromatic carbocycles. The molecule has 0 aliphatic rings. The summed E-state index contributed by atoms with van der Waals surface area (Å²) in [4.78, 5) is 11.8. The highest BCUT2D eigenvalue weighted by molar-refractivity contribution is 5.82. The average molecular weight is 310 g/mol. The lowest BCUT2D eigenvalue weighted by Crippen LogP contribution is -2.30. The van der Waals surface area contributed by atoms with E-state index in [1.54, 1.807) is 0 Å². The molecule has 2 nitrogen and oxygen atoms in total. The Hall–Kier alpha value is -2.09. The van der Waals surface area contributed by atoms with Gasteiger partial charge in [0.2, 0.25) is 0 Å². The van der Waals surface area contributed by atoms with Gasteiger partial charge in [-0.05, 0) is 56.2 Å². The largest absolute Gasteiger partial charge is 0.468 e. The molecule has 122 valence electrons. The zero-order valence-corrected chi connectivity index (χ0v) is 14.3. The molecule has 0 bridgehead atoms. The van der Waals surface area contributed by atoms with Crippen LogP contribution in [0.5, 0.6) is 0 Å². The van der Waals surface area contributed by atoms with Crippen molar-refractivity contribution in [1.82, 2.24) is 0 Å². The van der Waals surface area contributed by atoms with E-state index in [0.717, 1.165) is 18.4 Å². The van der Waals surface area contributed by atoms with Crippen molar-refractivity contribution in [3.8, 4) is 0 Å². The van der Waals surface area contributed by atoms with Crippen LogP contribution in [-0.2, 0) is 27.8 Å². The molecule has 0 fully saturated rings. The van der Waals surface area contributed by atoms with Gasteiger partial charge in [-0.3, -0.25) is 4.79 Å². The predicted molar refractivity (Wildman–Crippen MR) is 94.6 cm³/mol. The Labute approximate surface area is 139 Å². The number of rotatable bonds is 7. The summed E-state index contributed by atoms with van der Waals surface area (Å²) < 4.78 is 4.88. The number of carbonyl (C=O) groups is 1. The van der Waals surface area contributed by atoms with Gasteiger partial charge in [-0.1, -0.05) is 54.6 Å². The summed E-state index contributed by atoms with van der Waals surface area (Å²) in [5.74, 6) is -0.201. The molecule has 0 N–H and O–H groups in total. The Balaban J connectivity index is 1.84. The van der Waals surface area contributed by atoms with E-state index in [1.165, 1.54) is 31.1 Å². The Kier molecular flexibility index (Phi) is 5.97. The second kappa shape index (κ2) is 7.96. The molecule has 2 heteroatoms. The molecular formula is C21H26O2. The van der Waals surface area contributed by atoms with Crippen molar-refractivity contribution in [1.29, 1.82) is 0 Å². The fourth-order valence-corrected chi connectivity index (χ4v) is 2.76. The van der Waals surface area contributed by atoms with Crippen molar-refractivity contribution >= 4 is 5.97 Å². The first-order valence-corrected chi connectivity index (χ1v) is 8.26. The Bertz CT molecular complexity index is 612. The van der Waals surface area contributed by atoms with Gasteiger partial charge in [0, 0.05) is 0 Å². The zero-order valence-electron chi connectivity index (χ0n) is 14.3. The van der Waals surface area contributed by atoms with Gasteiger partial charge < -0.3 is 4.74 Å². The lowest BCUT2D eigenvalue weighted by molar-refractivity contribution is -0.146. The molecule has 0 atom stereocenters. The highest BCUT2D eigenvalue weighted by atomic mass is 16.5. The third-order valence-electron chi connectivity index (χ3n) is 4.40. The summed E-state index contributed by atoms with van der Waals surface area (Å²) in [5.41, 5.74) is 3.13. The van der Waals surface area contributed by atoms with Crippen molar-refractivity contribution in [3.05, 3.63) is 71.3 Å². The Morgan fingerprint density at radius 3 is 1.91 bits per heavy atom. The summed E-state index contributed by atoms with van der Waals surface area (Å²) in [5, 5.41) is 0.